The highest BCUT2D eigenvalue weighted by molar-refractivity contribution is 6.10. The minimum atomic E-state index is -0.206. The van der Waals surface area contributed by atoms with Gasteiger partial charge in [-0.05, 0) is 48.4 Å². The monoisotopic (exact) mass is 307 g/mol. The molecule has 0 N–H and O–H groups in total. The van der Waals surface area contributed by atoms with Gasteiger partial charge < -0.3 is 9.47 Å². The van der Waals surface area contributed by atoms with Gasteiger partial charge in [0.05, 0.1) is 25.9 Å². The van der Waals surface area contributed by atoms with Gasteiger partial charge in [0.2, 0.25) is 0 Å². The van der Waals surface area contributed by atoms with Crippen molar-refractivity contribution in [1.29, 1.82) is 5.26 Å². The van der Waals surface area contributed by atoms with Crippen molar-refractivity contribution in [3.8, 4) is 17.6 Å². The van der Waals surface area contributed by atoms with E-state index in [2.05, 4.69) is 6.07 Å². The average molecular weight is 307 g/mol. The number of hydrogen-bond donors (Lipinski definition) is 0. The summed E-state index contributed by atoms with van der Waals surface area (Å²) in [6, 6.07) is 12.6. The van der Waals surface area contributed by atoms with Gasteiger partial charge in [0.25, 0.3) is 0 Å². The summed E-state index contributed by atoms with van der Waals surface area (Å²) in [5.74, 6) is 0.760. The average Bonchev–Trinajstić information content (AvgIpc) is 2.59. The van der Waals surface area contributed by atoms with E-state index in [1.807, 2.05) is 6.92 Å². The Hall–Kier alpha value is -3.06. The van der Waals surface area contributed by atoms with Crippen molar-refractivity contribution in [2.75, 3.05) is 14.2 Å². The summed E-state index contributed by atoms with van der Waals surface area (Å²) in [5, 5.41) is 8.78. The van der Waals surface area contributed by atoms with Crippen molar-refractivity contribution in [1.82, 2.24) is 0 Å². The Bertz CT molecular complexity index is 758. The predicted molar refractivity (Wildman–Crippen MR) is 88.8 cm³/mol. The fraction of sp³-hybridized carbons (Fsp3) is 0.158. The number of hydrogen-bond acceptors (Lipinski definition) is 4. The standard InChI is InChI=1S/C19H17NO3/c1-13-10-17(22-2)19(18(11-13)23-3)16(21)9-8-14-4-6-15(12-20)7-5-14/h4-11H,1-3H3/b9-8+. The number of nitrogens with zero attached hydrogens (tertiary/aromatic N) is 1. The predicted octanol–water partition coefficient (Wildman–Crippen LogP) is 3.78. The number of allylic oxidation sites excluding steroid dienone is 1. The number of methoxy groups -OCH3 is 2. The third kappa shape index (κ3) is 3.78. The van der Waals surface area contributed by atoms with Crippen molar-refractivity contribution in [2.24, 2.45) is 0 Å². The van der Waals surface area contributed by atoms with Gasteiger partial charge in [0.1, 0.15) is 17.1 Å². The van der Waals surface area contributed by atoms with Crippen molar-refractivity contribution in [3.05, 3.63) is 64.7 Å². The molecule has 0 aliphatic carbocycles. The number of carbonyl (C=O) groups excluding carboxylic acids is 1. The molecule has 0 fully saturated rings. The summed E-state index contributed by atoms with van der Waals surface area (Å²) < 4.78 is 10.6. The first-order valence-electron chi connectivity index (χ1n) is 7.04. The molecule has 0 radical (unpaired) electrons. The lowest BCUT2D eigenvalue weighted by atomic mass is 10.0. The molecule has 0 unspecified atom stereocenters. The van der Waals surface area contributed by atoms with Crippen molar-refractivity contribution in [2.45, 2.75) is 6.92 Å². The maximum atomic E-state index is 12.5. The van der Waals surface area contributed by atoms with Crippen LogP contribution in [0.1, 0.15) is 27.0 Å². The number of benzene rings is 2. The summed E-state index contributed by atoms with van der Waals surface area (Å²) in [4.78, 5) is 12.5. The molecule has 0 aliphatic rings. The second kappa shape index (κ2) is 7.28. The van der Waals surface area contributed by atoms with Crippen LogP contribution >= 0.6 is 0 Å². The molecule has 0 saturated carbocycles. The zero-order valence-electron chi connectivity index (χ0n) is 13.3. The van der Waals surface area contributed by atoms with E-state index in [0.29, 0.717) is 22.6 Å². The number of carbonyl (C=O) groups is 1. The van der Waals surface area contributed by atoms with Crippen LogP contribution in [-0.2, 0) is 0 Å². The Labute approximate surface area is 135 Å². The highest BCUT2D eigenvalue weighted by Crippen LogP contribution is 2.31. The van der Waals surface area contributed by atoms with E-state index in [0.717, 1.165) is 11.1 Å². The van der Waals surface area contributed by atoms with Crippen molar-refractivity contribution >= 4 is 11.9 Å². The van der Waals surface area contributed by atoms with Crippen molar-refractivity contribution in [3.63, 3.8) is 0 Å². The third-order valence-electron chi connectivity index (χ3n) is 3.36. The number of ketones is 1. The zero-order valence-corrected chi connectivity index (χ0v) is 13.3. The Morgan fingerprint density at radius 3 is 2.13 bits per heavy atom. The van der Waals surface area contributed by atoms with E-state index >= 15 is 0 Å². The summed E-state index contributed by atoms with van der Waals surface area (Å²) in [6.45, 7) is 1.91. The molecule has 0 amide bonds. The van der Waals surface area contributed by atoms with E-state index in [1.54, 1.807) is 42.5 Å². The Balaban J connectivity index is 2.33. The van der Waals surface area contributed by atoms with Crippen LogP contribution < -0.4 is 9.47 Å². The number of aryl methyl sites for hydroxylation is 1. The van der Waals surface area contributed by atoms with Gasteiger partial charge in [-0.1, -0.05) is 18.2 Å². The summed E-state index contributed by atoms with van der Waals surface area (Å²) in [6.07, 6.45) is 3.17. The largest absolute Gasteiger partial charge is 0.496 e. The quantitative estimate of drug-likeness (QED) is 0.623. The molecular weight excluding hydrogens is 290 g/mol. The summed E-state index contributed by atoms with van der Waals surface area (Å²) in [5.41, 5.74) is 2.76. The first kappa shape index (κ1) is 16.3. The van der Waals surface area contributed by atoms with Gasteiger partial charge in [0, 0.05) is 0 Å². The lowest BCUT2D eigenvalue weighted by molar-refractivity contribution is 0.104. The molecule has 4 heteroatoms. The molecule has 2 rings (SSSR count). The van der Waals surface area contributed by atoms with E-state index in [9.17, 15) is 4.79 Å². The fourth-order valence-electron chi connectivity index (χ4n) is 2.21. The van der Waals surface area contributed by atoms with Gasteiger partial charge in [-0.3, -0.25) is 4.79 Å². The minimum Gasteiger partial charge on any atom is -0.496 e. The third-order valence-corrected chi connectivity index (χ3v) is 3.36. The van der Waals surface area contributed by atoms with Crippen LogP contribution in [0.5, 0.6) is 11.5 Å². The first-order chi connectivity index (χ1) is 11.1. The topological polar surface area (TPSA) is 59.3 Å². The highest BCUT2D eigenvalue weighted by atomic mass is 16.5. The lowest BCUT2D eigenvalue weighted by Gasteiger charge is -2.12. The van der Waals surface area contributed by atoms with Crippen LogP contribution in [0.25, 0.3) is 6.08 Å². The Morgan fingerprint density at radius 2 is 1.65 bits per heavy atom. The molecule has 0 saturated heterocycles. The van der Waals surface area contributed by atoms with E-state index in [1.165, 1.54) is 20.3 Å². The van der Waals surface area contributed by atoms with Crippen LogP contribution in [0.2, 0.25) is 0 Å². The molecule has 0 heterocycles. The second-order valence-electron chi connectivity index (χ2n) is 4.98. The molecule has 2 aromatic rings. The molecule has 0 aromatic heterocycles. The van der Waals surface area contributed by atoms with Gasteiger partial charge in [-0.15, -0.1) is 0 Å². The van der Waals surface area contributed by atoms with E-state index in [4.69, 9.17) is 14.7 Å². The molecule has 2 aromatic carbocycles. The molecule has 116 valence electrons. The van der Waals surface area contributed by atoms with Crippen LogP contribution in [0.4, 0.5) is 0 Å². The summed E-state index contributed by atoms with van der Waals surface area (Å²) >= 11 is 0. The van der Waals surface area contributed by atoms with Crippen LogP contribution in [0.3, 0.4) is 0 Å². The number of ether oxygens (including phenoxy) is 2. The summed E-state index contributed by atoms with van der Waals surface area (Å²) in [7, 11) is 3.05. The van der Waals surface area contributed by atoms with Crippen LogP contribution in [0.15, 0.2) is 42.5 Å². The second-order valence-corrected chi connectivity index (χ2v) is 4.98. The first-order valence-corrected chi connectivity index (χ1v) is 7.04. The molecular formula is C19H17NO3. The molecule has 23 heavy (non-hydrogen) atoms. The smallest absolute Gasteiger partial charge is 0.193 e. The zero-order chi connectivity index (χ0) is 16.8. The molecule has 0 atom stereocenters. The van der Waals surface area contributed by atoms with Gasteiger partial charge in [-0.25, -0.2) is 0 Å². The SMILES string of the molecule is COc1cc(C)cc(OC)c1C(=O)/C=C/c1ccc(C#N)cc1. The lowest BCUT2D eigenvalue weighted by Crippen LogP contribution is -2.03. The maximum absolute atomic E-state index is 12.5. The van der Waals surface area contributed by atoms with Gasteiger partial charge >= 0.3 is 0 Å². The van der Waals surface area contributed by atoms with Gasteiger partial charge in [-0.2, -0.15) is 5.26 Å². The minimum absolute atomic E-state index is 0.206. The Morgan fingerprint density at radius 1 is 1.09 bits per heavy atom. The van der Waals surface area contributed by atoms with Crippen LogP contribution in [-0.4, -0.2) is 20.0 Å². The highest BCUT2D eigenvalue weighted by Gasteiger charge is 2.17. The maximum Gasteiger partial charge on any atom is 0.193 e. The van der Waals surface area contributed by atoms with E-state index in [-0.39, 0.29) is 5.78 Å². The molecule has 4 nitrogen and oxygen atoms in total. The van der Waals surface area contributed by atoms with E-state index < -0.39 is 0 Å². The molecule has 0 aliphatic heterocycles. The molecule has 0 bridgehead atoms. The Kier molecular flexibility index (Phi) is 5.16. The number of rotatable bonds is 5. The normalized spacial score (nSPS) is 10.3. The van der Waals surface area contributed by atoms with Crippen molar-refractivity contribution < 1.29 is 14.3 Å². The number of nitriles is 1. The molecule has 0 spiro atoms. The van der Waals surface area contributed by atoms with Gasteiger partial charge in [0.15, 0.2) is 5.78 Å². The van der Waals surface area contributed by atoms with Crippen LogP contribution in [0, 0.1) is 18.3 Å². The fourth-order valence-corrected chi connectivity index (χ4v) is 2.21.